The number of nitrogens with zero attached hydrogens (tertiary/aromatic N) is 1. The topological polar surface area (TPSA) is 214 Å². The molecule has 3 aliphatic heterocycles. The lowest BCUT2D eigenvalue weighted by Crippen LogP contribution is -2.46. The van der Waals surface area contributed by atoms with Gasteiger partial charge < -0.3 is 49.8 Å². The van der Waals surface area contributed by atoms with Gasteiger partial charge in [0.25, 0.3) is 11.7 Å². The molecular weight excluding hydrogens is 797 g/mol. The van der Waals surface area contributed by atoms with Crippen LogP contribution in [0.2, 0.25) is 0 Å². The third-order valence-corrected chi connectivity index (χ3v) is 12.1. The number of rotatable bonds is 4. The van der Waals surface area contributed by atoms with Crippen molar-refractivity contribution in [2.75, 3.05) is 12.4 Å². The predicted octanol–water partition coefficient (Wildman–Crippen LogP) is 7.66. The number of esters is 1. The molecule has 9 atom stereocenters. The summed E-state index contributed by atoms with van der Waals surface area (Å²) in [6.07, 6.45) is 4.74. The lowest BCUT2D eigenvalue weighted by atomic mass is 9.78. The van der Waals surface area contributed by atoms with Gasteiger partial charge in [-0.3, -0.25) is 19.4 Å². The number of fused-ring (bicyclic) bond motifs is 15. The molecule has 0 radical (unpaired) electrons. The smallest absolute Gasteiger partial charge is 0.312 e. The fourth-order valence-electron chi connectivity index (χ4n) is 8.27. The minimum absolute atomic E-state index is 0.0409. The minimum Gasteiger partial charge on any atom is -0.507 e. The number of ketones is 1. The van der Waals surface area contributed by atoms with Crippen LogP contribution < -0.4 is 10.1 Å². The Morgan fingerprint density at radius 3 is 2.26 bits per heavy atom. The first-order valence-corrected chi connectivity index (χ1v) is 20.4. The second-order valence-electron chi connectivity index (χ2n) is 16.4. The summed E-state index contributed by atoms with van der Waals surface area (Å²) in [5.41, 5.74) is -0.0152. The molecule has 4 aromatic carbocycles. The van der Waals surface area contributed by atoms with Crippen molar-refractivity contribution in [2.45, 2.75) is 85.6 Å². The van der Waals surface area contributed by atoms with E-state index in [2.05, 4.69) is 10.3 Å². The van der Waals surface area contributed by atoms with E-state index in [1.807, 2.05) is 36.4 Å². The number of hydrogen-bond donors (Lipinski definition) is 6. The quantitative estimate of drug-likeness (QED) is 0.0506. The first kappa shape index (κ1) is 45.3. The van der Waals surface area contributed by atoms with E-state index >= 15 is 0 Å². The van der Waals surface area contributed by atoms with Crippen LogP contribution in [0.1, 0.15) is 70.0 Å². The Morgan fingerprint density at radius 2 is 1.58 bits per heavy atom. The molecule has 0 saturated heterocycles. The van der Waals surface area contributed by atoms with E-state index < -0.39 is 88.8 Å². The van der Waals surface area contributed by atoms with Crippen molar-refractivity contribution in [3.8, 4) is 23.0 Å². The van der Waals surface area contributed by atoms with Gasteiger partial charge >= 0.3 is 11.8 Å². The van der Waals surface area contributed by atoms with Gasteiger partial charge in [-0.1, -0.05) is 76.3 Å². The monoisotopic (exact) mass is 850 g/mol. The number of carbonyl (C=O) groups is 3. The molecule has 0 aliphatic carbocycles. The number of hydrogen-bond acceptors (Lipinski definition) is 13. The molecular formula is C48H54N2O12. The number of amides is 1. The first-order valence-electron chi connectivity index (χ1n) is 20.4. The van der Waals surface area contributed by atoms with Crippen LogP contribution in [-0.2, 0) is 23.8 Å². The number of methoxy groups -OCH3 is 1. The Kier molecular flexibility index (Phi) is 13.2. The average molecular weight is 851 g/mol. The van der Waals surface area contributed by atoms with Gasteiger partial charge in [-0.2, -0.15) is 0 Å². The Hall–Kier alpha value is -6.22. The number of nitrogens with one attached hydrogen (secondary N) is 1. The van der Waals surface area contributed by atoms with Gasteiger partial charge in [-0.15, -0.1) is 0 Å². The van der Waals surface area contributed by atoms with Crippen LogP contribution >= 0.6 is 0 Å². The van der Waals surface area contributed by atoms with Gasteiger partial charge in [0, 0.05) is 67.4 Å². The Balaban J connectivity index is 1.54. The zero-order valence-electron chi connectivity index (χ0n) is 36.2. The van der Waals surface area contributed by atoms with Crippen LogP contribution in [0, 0.1) is 30.6 Å². The van der Waals surface area contributed by atoms with Gasteiger partial charge in [0.1, 0.15) is 23.4 Å². The summed E-state index contributed by atoms with van der Waals surface area (Å²) < 4.78 is 23.6. The van der Waals surface area contributed by atoms with E-state index in [0.717, 1.165) is 10.8 Å². The Morgan fingerprint density at radius 1 is 0.887 bits per heavy atom. The highest BCUT2D eigenvalue weighted by atomic mass is 16.7. The Bertz CT molecular complexity index is 2540. The highest BCUT2D eigenvalue weighted by Gasteiger charge is 2.50. The second kappa shape index (κ2) is 18.0. The summed E-state index contributed by atoms with van der Waals surface area (Å²) in [6.45, 7) is 12.5. The average Bonchev–Trinajstić information content (AvgIpc) is 3.51. The molecule has 0 spiro atoms. The summed E-state index contributed by atoms with van der Waals surface area (Å²) in [4.78, 5) is 45.3. The molecule has 0 aromatic heterocycles. The van der Waals surface area contributed by atoms with Gasteiger partial charge in [0.2, 0.25) is 0 Å². The van der Waals surface area contributed by atoms with Gasteiger partial charge in [0.05, 0.1) is 52.5 Å². The lowest BCUT2D eigenvalue weighted by Gasteiger charge is -2.38. The van der Waals surface area contributed by atoms with E-state index in [-0.39, 0.29) is 44.5 Å². The highest BCUT2D eigenvalue weighted by molar-refractivity contribution is 6.24. The number of Topliss-reactive ketones (excluding diaryl/α,β-unsaturated/α-hetero) is 1. The number of phenolic OH excluding ortho intramolecular Hbond substituents is 3. The number of aliphatic imine (C=N–C) groups is 1. The number of benzene rings is 4. The molecule has 5 bridgehead atoms. The molecule has 7 rings (SSSR count). The Labute approximate surface area is 359 Å². The van der Waals surface area contributed by atoms with Gasteiger partial charge in [-0.05, 0) is 42.8 Å². The maximum absolute atomic E-state index is 14.5. The van der Waals surface area contributed by atoms with E-state index in [4.69, 9.17) is 18.9 Å². The zero-order chi connectivity index (χ0) is 45.4. The van der Waals surface area contributed by atoms with Crippen LogP contribution in [0.25, 0.3) is 21.5 Å². The van der Waals surface area contributed by atoms with E-state index in [1.54, 1.807) is 45.9 Å². The summed E-state index contributed by atoms with van der Waals surface area (Å²) in [5.74, 6) is -8.55. The molecule has 9 unspecified atom stereocenters. The van der Waals surface area contributed by atoms with Crippen LogP contribution in [0.5, 0.6) is 23.0 Å². The van der Waals surface area contributed by atoms with E-state index in [0.29, 0.717) is 5.69 Å². The third kappa shape index (κ3) is 8.50. The van der Waals surface area contributed by atoms with Crippen LogP contribution in [-0.4, -0.2) is 86.7 Å². The summed E-state index contributed by atoms with van der Waals surface area (Å²) >= 11 is 0. The maximum atomic E-state index is 14.5. The normalized spacial score (nSPS) is 29.2. The standard InChI is InChI=1S/C48H54N2O12/c1-23-13-12-14-24(2)47(58)50-38-33(22-49-32-18-17-30-15-10-11-16-31(30)21-32)42(55)35-36(43(38)56)41(54)28(6)45-37(35)46(57)48(8,62-45)60-20-19-34(59-9)25(3)44(61-29(7)51)27(5)40(53)26(4)39(23)52/h10-23,25-27,34,39-40,44,52-56H,1-9H3,(H,50,58)/b13-12+,20-19+,24-14-,49-22?. The molecule has 0 fully saturated rings. The van der Waals surface area contributed by atoms with Gasteiger partial charge in [-0.25, -0.2) is 0 Å². The van der Waals surface area contributed by atoms with Crippen LogP contribution in [0.15, 0.2) is 83.6 Å². The number of aliphatic hydroxyl groups is 2. The first-order chi connectivity index (χ1) is 29.3. The number of aliphatic hydroxyl groups excluding tert-OH is 2. The molecule has 0 saturated carbocycles. The predicted molar refractivity (Wildman–Crippen MR) is 235 cm³/mol. The number of carbonyl (C=O) groups excluding carboxylic acids is 3. The number of aromatic hydroxyl groups is 3. The molecule has 328 valence electrons. The lowest BCUT2D eigenvalue weighted by molar-refractivity contribution is -0.160. The number of allylic oxidation sites excluding steroid dienone is 2. The maximum Gasteiger partial charge on any atom is 0.312 e. The molecule has 3 aliphatic rings. The number of ether oxygens (including phenoxy) is 4. The van der Waals surface area contributed by atoms with Gasteiger partial charge in [0.15, 0.2) is 5.75 Å². The molecule has 3 heterocycles. The fourth-order valence-corrected chi connectivity index (χ4v) is 8.27. The van der Waals surface area contributed by atoms with Crippen molar-refractivity contribution >= 4 is 56.8 Å². The van der Waals surface area contributed by atoms with Crippen molar-refractivity contribution in [1.82, 2.24) is 0 Å². The van der Waals surface area contributed by atoms with E-state index in [1.165, 1.54) is 59.4 Å². The van der Waals surface area contributed by atoms with Crippen molar-refractivity contribution in [2.24, 2.45) is 28.7 Å². The minimum atomic E-state index is -2.07. The summed E-state index contributed by atoms with van der Waals surface area (Å²) in [5, 5.41) is 62.6. The largest absolute Gasteiger partial charge is 0.507 e. The van der Waals surface area contributed by atoms with Crippen molar-refractivity contribution in [3.05, 3.63) is 95.3 Å². The molecule has 1 amide bonds. The third-order valence-electron chi connectivity index (χ3n) is 12.1. The van der Waals surface area contributed by atoms with E-state index in [9.17, 15) is 39.9 Å². The van der Waals surface area contributed by atoms with Crippen molar-refractivity contribution in [3.63, 3.8) is 0 Å². The van der Waals surface area contributed by atoms with Crippen LogP contribution in [0.4, 0.5) is 11.4 Å². The zero-order valence-corrected chi connectivity index (χ0v) is 36.2. The SMILES string of the molecule is COC1/C=C/OC2(C)Oc3c(C)c(O)c4c(O)c(c(C=Nc5ccc6ccccc6c5)c(O)c4c3C2=O)NC(=O)/C(C)=C\C=C\C(C)C(O)C(C)C(O)C(C)C(OC(C)=O)C1C. The highest BCUT2D eigenvalue weighted by Crippen LogP contribution is 2.55. The molecule has 6 N–H and O–H groups in total. The molecule has 62 heavy (non-hydrogen) atoms. The van der Waals surface area contributed by atoms with Crippen molar-refractivity contribution < 1.29 is 58.9 Å². The summed E-state index contributed by atoms with van der Waals surface area (Å²) in [6, 6.07) is 13.1. The molecule has 4 aromatic rings. The molecule has 14 heteroatoms. The van der Waals surface area contributed by atoms with Crippen molar-refractivity contribution in [1.29, 1.82) is 0 Å². The fraction of sp³-hybridized carbons (Fsp3) is 0.375. The second-order valence-corrected chi connectivity index (χ2v) is 16.4. The number of anilines is 1. The number of phenols is 3. The summed E-state index contributed by atoms with van der Waals surface area (Å²) in [7, 11) is 1.43. The molecule has 14 nitrogen and oxygen atoms in total. The van der Waals surface area contributed by atoms with Crippen LogP contribution in [0.3, 0.4) is 0 Å².